The first kappa shape index (κ1) is 19.8. The van der Waals surface area contributed by atoms with Crippen molar-refractivity contribution >= 4 is 29.0 Å². The van der Waals surface area contributed by atoms with Gasteiger partial charge < -0.3 is 15.0 Å². The largest absolute Gasteiger partial charge is 0.495 e. The lowest BCUT2D eigenvalue weighted by Crippen LogP contribution is -2.51. The highest BCUT2D eigenvalue weighted by Gasteiger charge is 2.25. The number of aromatic amines is 1. The molecule has 3 heterocycles. The average Bonchev–Trinajstić information content (AvgIpc) is 2.73. The third kappa shape index (κ3) is 3.70. The maximum Gasteiger partial charge on any atom is 0.262 e. The molecule has 1 aromatic carbocycles. The Bertz CT molecular complexity index is 1190. The van der Waals surface area contributed by atoms with Gasteiger partial charge in [0.2, 0.25) is 5.95 Å². The molecular weight excluding hydrogens is 386 g/mol. The minimum Gasteiger partial charge on any atom is -0.495 e. The minimum absolute atomic E-state index is 0.00653. The molecular formula is C21H23N5O4. The zero-order chi connectivity index (χ0) is 21.3. The van der Waals surface area contributed by atoms with E-state index in [-0.39, 0.29) is 28.7 Å². The van der Waals surface area contributed by atoms with E-state index in [9.17, 15) is 14.4 Å². The molecule has 4 rings (SSSR count). The topological polar surface area (TPSA) is 117 Å². The Hall–Kier alpha value is -3.49. The summed E-state index contributed by atoms with van der Waals surface area (Å²) in [6.07, 6.45) is 2.85. The van der Waals surface area contributed by atoms with Crippen LogP contribution in [0.4, 0.5) is 11.6 Å². The SMILES string of the molecule is COc1ccccc1NC(=O)C1=c2c(nc(N3CCCCC3C)[nH]c2=O)=NC(=O)C1. The van der Waals surface area contributed by atoms with Gasteiger partial charge in [0.15, 0.2) is 5.49 Å². The maximum absolute atomic E-state index is 12.9. The molecule has 9 heteroatoms. The van der Waals surface area contributed by atoms with Crippen molar-refractivity contribution in [1.29, 1.82) is 0 Å². The van der Waals surface area contributed by atoms with Gasteiger partial charge >= 0.3 is 0 Å². The van der Waals surface area contributed by atoms with Crippen molar-refractivity contribution in [3.63, 3.8) is 0 Å². The van der Waals surface area contributed by atoms with E-state index in [0.717, 1.165) is 25.8 Å². The molecule has 0 bridgehead atoms. The summed E-state index contributed by atoms with van der Waals surface area (Å²) in [6.45, 7) is 2.83. The molecule has 9 nitrogen and oxygen atoms in total. The van der Waals surface area contributed by atoms with Crippen molar-refractivity contribution in [2.75, 3.05) is 23.9 Å². The van der Waals surface area contributed by atoms with Gasteiger partial charge in [0, 0.05) is 18.2 Å². The number of amides is 2. The van der Waals surface area contributed by atoms with Crippen molar-refractivity contribution < 1.29 is 14.3 Å². The second kappa shape index (κ2) is 8.10. The van der Waals surface area contributed by atoms with Crippen LogP contribution in [0.5, 0.6) is 5.75 Å². The summed E-state index contributed by atoms with van der Waals surface area (Å²) in [5.74, 6) is -0.215. The Morgan fingerprint density at radius 3 is 2.83 bits per heavy atom. The van der Waals surface area contributed by atoms with Gasteiger partial charge in [-0.1, -0.05) is 12.1 Å². The van der Waals surface area contributed by atoms with Gasteiger partial charge in [-0.3, -0.25) is 19.4 Å². The van der Waals surface area contributed by atoms with Crippen LogP contribution >= 0.6 is 0 Å². The third-order valence-corrected chi connectivity index (χ3v) is 5.45. The van der Waals surface area contributed by atoms with E-state index < -0.39 is 17.4 Å². The smallest absolute Gasteiger partial charge is 0.262 e. The quantitative estimate of drug-likeness (QED) is 0.759. The lowest BCUT2D eigenvalue weighted by atomic mass is 10.0. The Kier molecular flexibility index (Phi) is 5.35. The molecule has 1 aromatic heterocycles. The van der Waals surface area contributed by atoms with Crippen molar-refractivity contribution in [2.45, 2.75) is 38.6 Å². The van der Waals surface area contributed by atoms with E-state index in [0.29, 0.717) is 17.4 Å². The molecule has 1 atom stereocenters. The fraction of sp³-hybridized carbons (Fsp3) is 0.381. The lowest BCUT2D eigenvalue weighted by molar-refractivity contribution is -0.118. The monoisotopic (exact) mass is 409 g/mol. The first-order chi connectivity index (χ1) is 14.5. The van der Waals surface area contributed by atoms with Gasteiger partial charge in [-0.2, -0.15) is 9.98 Å². The number of nitrogens with one attached hydrogen (secondary N) is 2. The summed E-state index contributed by atoms with van der Waals surface area (Å²) in [5.41, 5.74) is 0.00205. The Morgan fingerprint density at radius 1 is 1.27 bits per heavy atom. The normalized spacial score (nSPS) is 18.5. The highest BCUT2D eigenvalue weighted by atomic mass is 16.5. The number of anilines is 2. The summed E-state index contributed by atoms with van der Waals surface area (Å²) in [5, 5.41) is 2.76. The zero-order valence-corrected chi connectivity index (χ0v) is 16.9. The average molecular weight is 409 g/mol. The summed E-state index contributed by atoms with van der Waals surface area (Å²) in [6, 6.07) is 7.12. The molecule has 2 N–H and O–H groups in total. The first-order valence-corrected chi connectivity index (χ1v) is 9.94. The first-order valence-electron chi connectivity index (χ1n) is 9.94. The van der Waals surface area contributed by atoms with Crippen LogP contribution < -0.4 is 31.2 Å². The number of rotatable bonds is 4. The number of H-pyrrole nitrogens is 1. The summed E-state index contributed by atoms with van der Waals surface area (Å²) in [4.78, 5) is 51.2. The number of fused-ring (bicyclic) bond motifs is 1. The van der Waals surface area contributed by atoms with E-state index >= 15 is 0 Å². The number of carbonyl (C=O) groups is 2. The van der Waals surface area contributed by atoms with E-state index in [1.807, 2.05) is 4.90 Å². The second-order valence-electron chi connectivity index (χ2n) is 7.44. The number of hydrogen-bond donors (Lipinski definition) is 2. The predicted octanol–water partition coefficient (Wildman–Crippen LogP) is 0.497. The molecule has 30 heavy (non-hydrogen) atoms. The number of para-hydroxylation sites is 2. The maximum atomic E-state index is 12.9. The van der Waals surface area contributed by atoms with E-state index in [2.05, 4.69) is 27.2 Å². The molecule has 2 aliphatic heterocycles. The molecule has 2 aliphatic rings. The van der Waals surface area contributed by atoms with E-state index in [1.54, 1.807) is 24.3 Å². The van der Waals surface area contributed by atoms with Crippen LogP contribution in [0.2, 0.25) is 0 Å². The molecule has 1 fully saturated rings. The number of benzene rings is 1. The zero-order valence-electron chi connectivity index (χ0n) is 16.9. The summed E-state index contributed by atoms with van der Waals surface area (Å²) < 4.78 is 5.25. The number of nitrogens with zero attached hydrogens (tertiary/aromatic N) is 3. The fourth-order valence-corrected chi connectivity index (χ4v) is 3.89. The Labute approximate surface area is 172 Å². The van der Waals surface area contributed by atoms with E-state index in [1.165, 1.54) is 7.11 Å². The van der Waals surface area contributed by atoms with Crippen molar-refractivity contribution in [1.82, 2.24) is 9.97 Å². The number of hydrogen-bond acceptors (Lipinski definition) is 6. The van der Waals surface area contributed by atoms with Crippen LogP contribution in [0, 0.1) is 0 Å². The number of carbonyl (C=O) groups excluding carboxylic acids is 2. The lowest BCUT2D eigenvalue weighted by Gasteiger charge is -2.33. The molecule has 0 spiro atoms. The highest BCUT2D eigenvalue weighted by Crippen LogP contribution is 2.24. The van der Waals surface area contributed by atoms with Crippen molar-refractivity contribution in [3.05, 3.63) is 45.3 Å². The molecule has 0 aliphatic carbocycles. The van der Waals surface area contributed by atoms with Crippen molar-refractivity contribution in [2.24, 2.45) is 4.99 Å². The summed E-state index contributed by atoms with van der Waals surface area (Å²) in [7, 11) is 1.49. The molecule has 1 unspecified atom stereocenters. The molecule has 0 radical (unpaired) electrons. The minimum atomic E-state index is -0.560. The number of ether oxygens (including phenoxy) is 1. The Balaban J connectivity index is 1.79. The standard InChI is InChI=1S/C21H23N5O4/c1-12-7-5-6-10-26(12)21-24-18-17(20(29)25-21)13(11-16(27)23-18)19(28)22-14-8-3-4-9-15(14)30-2/h3-4,8-9,12H,5-7,10-11H2,1-2H3,(H,22,28)(H,23,24,25,27,29). The molecule has 0 saturated carbocycles. The van der Waals surface area contributed by atoms with E-state index in [4.69, 9.17) is 4.74 Å². The molecule has 156 valence electrons. The number of methoxy groups -OCH3 is 1. The molecule has 1 saturated heterocycles. The second-order valence-corrected chi connectivity index (χ2v) is 7.44. The Morgan fingerprint density at radius 2 is 2.07 bits per heavy atom. The van der Waals surface area contributed by atoms with Crippen molar-refractivity contribution in [3.8, 4) is 5.75 Å². The third-order valence-electron chi connectivity index (χ3n) is 5.45. The summed E-state index contributed by atoms with van der Waals surface area (Å²) >= 11 is 0. The van der Waals surface area contributed by atoms with Crippen LogP contribution in [0.15, 0.2) is 34.1 Å². The van der Waals surface area contributed by atoms with Crippen LogP contribution in [0.3, 0.4) is 0 Å². The van der Waals surface area contributed by atoms with Gasteiger partial charge in [-0.05, 0) is 38.3 Å². The fourth-order valence-electron chi connectivity index (χ4n) is 3.89. The highest BCUT2D eigenvalue weighted by molar-refractivity contribution is 6.23. The number of aromatic nitrogens is 2. The predicted molar refractivity (Wildman–Crippen MR) is 111 cm³/mol. The number of piperidine rings is 1. The van der Waals surface area contributed by atoms with Gasteiger partial charge in [-0.25, -0.2) is 0 Å². The van der Waals surface area contributed by atoms with Gasteiger partial charge in [0.1, 0.15) is 5.75 Å². The van der Waals surface area contributed by atoms with Crippen LogP contribution in [-0.2, 0) is 9.59 Å². The molecule has 2 aromatic rings. The van der Waals surface area contributed by atoms with Gasteiger partial charge in [0.25, 0.3) is 17.4 Å². The molecule has 2 amide bonds. The van der Waals surface area contributed by atoms with Crippen LogP contribution in [0.25, 0.3) is 5.57 Å². The van der Waals surface area contributed by atoms with Gasteiger partial charge in [-0.15, -0.1) is 0 Å². The van der Waals surface area contributed by atoms with Crippen LogP contribution in [-0.4, -0.2) is 41.5 Å². The van der Waals surface area contributed by atoms with Gasteiger partial charge in [0.05, 0.1) is 24.4 Å². The van der Waals surface area contributed by atoms with Crippen LogP contribution in [0.1, 0.15) is 32.6 Å².